The van der Waals surface area contributed by atoms with Gasteiger partial charge in [0.1, 0.15) is 6.33 Å². The predicted molar refractivity (Wildman–Crippen MR) is 61.4 cm³/mol. The van der Waals surface area contributed by atoms with Crippen molar-refractivity contribution in [2.45, 2.75) is 18.7 Å². The molecule has 1 aromatic heterocycles. The number of carbonyl (C=O) groups is 1. The molecular weight excluding hydrogens is 226 g/mol. The molecule has 4 nitrogen and oxygen atoms in total. The van der Waals surface area contributed by atoms with E-state index in [1.807, 2.05) is 4.90 Å². The molecule has 0 N–H and O–H groups in total. The lowest BCUT2D eigenvalue weighted by Crippen LogP contribution is -2.43. The van der Waals surface area contributed by atoms with Gasteiger partial charge in [-0.1, -0.05) is 6.92 Å². The van der Waals surface area contributed by atoms with Crippen LogP contribution in [0.3, 0.4) is 0 Å². The van der Waals surface area contributed by atoms with Gasteiger partial charge in [-0.05, 0) is 12.3 Å². The first kappa shape index (κ1) is 11.3. The third kappa shape index (κ3) is 2.32. The van der Waals surface area contributed by atoms with Gasteiger partial charge in [0.05, 0.1) is 5.56 Å². The monoisotopic (exact) mass is 239 g/mol. The van der Waals surface area contributed by atoms with Crippen molar-refractivity contribution in [2.24, 2.45) is 5.92 Å². The van der Waals surface area contributed by atoms with Crippen LogP contribution in [0, 0.1) is 5.92 Å². The topological polar surface area (TPSA) is 46.1 Å². The minimum atomic E-state index is -0.00369. The fourth-order valence-electron chi connectivity index (χ4n) is 1.89. The molecule has 1 saturated heterocycles. The maximum absolute atomic E-state index is 12.1. The zero-order valence-corrected chi connectivity index (χ0v) is 9.89. The number of hydrogen-bond donors (Lipinski definition) is 0. The summed E-state index contributed by atoms with van der Waals surface area (Å²) in [7, 11) is 0. The molecule has 0 aromatic carbocycles. The molecule has 0 saturated carbocycles. The molecule has 1 aliphatic heterocycles. The number of hydrogen-bond acceptors (Lipinski definition) is 3. The Morgan fingerprint density at radius 1 is 1.50 bits per heavy atom. The van der Waals surface area contributed by atoms with Crippen LogP contribution in [-0.4, -0.2) is 39.2 Å². The minimum Gasteiger partial charge on any atom is -0.338 e. The smallest absolute Gasteiger partial charge is 0.257 e. The van der Waals surface area contributed by atoms with E-state index < -0.39 is 0 Å². The summed E-state index contributed by atoms with van der Waals surface area (Å²) in [6, 6.07) is 0. The molecule has 2 unspecified atom stereocenters. The molecule has 5 heteroatoms. The van der Waals surface area contributed by atoms with Gasteiger partial charge in [0.2, 0.25) is 0 Å². The van der Waals surface area contributed by atoms with Gasteiger partial charge in [-0.2, -0.15) is 0 Å². The molecule has 0 spiro atoms. The summed E-state index contributed by atoms with van der Waals surface area (Å²) >= 11 is 6.12. The number of piperidine rings is 1. The van der Waals surface area contributed by atoms with E-state index in [4.69, 9.17) is 11.6 Å². The van der Waals surface area contributed by atoms with Crippen LogP contribution in [0.15, 0.2) is 18.7 Å². The summed E-state index contributed by atoms with van der Waals surface area (Å²) in [6.07, 6.45) is 5.37. The third-order valence-corrected chi connectivity index (χ3v) is 3.54. The van der Waals surface area contributed by atoms with Crippen LogP contribution < -0.4 is 0 Å². The first-order valence-corrected chi connectivity index (χ1v) is 5.80. The Morgan fingerprint density at radius 2 is 2.19 bits per heavy atom. The molecular formula is C11H14ClN3O. The van der Waals surface area contributed by atoms with Crippen LogP contribution in [0.5, 0.6) is 0 Å². The van der Waals surface area contributed by atoms with Crippen LogP contribution in [-0.2, 0) is 0 Å². The Kier molecular flexibility index (Phi) is 3.39. The average Bonchev–Trinajstić information content (AvgIpc) is 2.33. The lowest BCUT2D eigenvalue weighted by Gasteiger charge is -2.34. The molecule has 1 aromatic rings. The molecule has 2 heterocycles. The maximum atomic E-state index is 12.1. The van der Waals surface area contributed by atoms with Crippen LogP contribution in [0.2, 0.25) is 0 Å². The third-order valence-electron chi connectivity index (χ3n) is 2.90. The standard InChI is InChI=1S/C11H14ClN3O/c1-8-6-15(3-2-10(8)12)11(16)9-4-13-7-14-5-9/h4-5,7-8,10H,2-3,6H2,1H3. The number of alkyl halides is 1. The quantitative estimate of drug-likeness (QED) is 0.699. The molecule has 1 amide bonds. The largest absolute Gasteiger partial charge is 0.338 e. The summed E-state index contributed by atoms with van der Waals surface area (Å²) in [4.78, 5) is 21.6. The van der Waals surface area contributed by atoms with Crippen LogP contribution >= 0.6 is 11.6 Å². The fourth-order valence-corrected chi connectivity index (χ4v) is 2.07. The first-order chi connectivity index (χ1) is 7.68. The molecule has 2 atom stereocenters. The SMILES string of the molecule is CC1CN(C(=O)c2cncnc2)CCC1Cl. The molecule has 86 valence electrons. The summed E-state index contributed by atoms with van der Waals surface area (Å²) < 4.78 is 0. The predicted octanol–water partition coefficient (Wildman–Crippen LogP) is 1.57. The highest BCUT2D eigenvalue weighted by atomic mass is 35.5. The summed E-state index contributed by atoms with van der Waals surface area (Å²) in [5.41, 5.74) is 0.544. The van der Waals surface area contributed by atoms with Crippen molar-refractivity contribution < 1.29 is 4.79 Å². The maximum Gasteiger partial charge on any atom is 0.257 e. The summed E-state index contributed by atoms with van der Waals surface area (Å²) in [6.45, 7) is 3.49. The van der Waals surface area contributed by atoms with Gasteiger partial charge in [0, 0.05) is 30.9 Å². The van der Waals surface area contributed by atoms with Gasteiger partial charge < -0.3 is 4.90 Å². The van der Waals surface area contributed by atoms with Crippen molar-refractivity contribution in [3.63, 3.8) is 0 Å². The van der Waals surface area contributed by atoms with E-state index in [2.05, 4.69) is 16.9 Å². The Labute approximate surface area is 99.6 Å². The van der Waals surface area contributed by atoms with E-state index in [0.29, 0.717) is 24.6 Å². The van der Waals surface area contributed by atoms with E-state index in [-0.39, 0.29) is 11.3 Å². The van der Waals surface area contributed by atoms with E-state index in [9.17, 15) is 4.79 Å². The number of halogens is 1. The van der Waals surface area contributed by atoms with Gasteiger partial charge in [-0.15, -0.1) is 11.6 Å². The van der Waals surface area contributed by atoms with Crippen molar-refractivity contribution in [1.82, 2.24) is 14.9 Å². The number of likely N-dealkylation sites (tertiary alicyclic amines) is 1. The molecule has 0 bridgehead atoms. The van der Waals surface area contributed by atoms with E-state index >= 15 is 0 Å². The Bertz CT molecular complexity index is 371. The summed E-state index contributed by atoms with van der Waals surface area (Å²) in [5, 5.41) is 0.177. The summed E-state index contributed by atoms with van der Waals surface area (Å²) in [5.74, 6) is 0.333. The van der Waals surface area contributed by atoms with E-state index in [1.54, 1.807) is 12.4 Å². The second-order valence-electron chi connectivity index (χ2n) is 4.16. The molecule has 16 heavy (non-hydrogen) atoms. The average molecular weight is 240 g/mol. The Balaban J connectivity index is 2.06. The molecule has 1 fully saturated rings. The van der Waals surface area contributed by atoms with Crippen molar-refractivity contribution in [3.05, 3.63) is 24.3 Å². The normalized spacial score (nSPS) is 25.5. The number of carbonyl (C=O) groups excluding carboxylic acids is 1. The van der Waals surface area contributed by atoms with Gasteiger partial charge in [-0.3, -0.25) is 4.79 Å². The van der Waals surface area contributed by atoms with Crippen molar-refractivity contribution in [3.8, 4) is 0 Å². The molecule has 0 aliphatic carbocycles. The Morgan fingerprint density at radius 3 is 2.81 bits per heavy atom. The molecule has 1 aliphatic rings. The van der Waals surface area contributed by atoms with Crippen LogP contribution in [0.25, 0.3) is 0 Å². The number of amides is 1. The van der Waals surface area contributed by atoms with Crippen molar-refractivity contribution in [2.75, 3.05) is 13.1 Å². The molecule has 2 rings (SSSR count). The Hall–Kier alpha value is -1.16. The minimum absolute atomic E-state index is 0.00369. The van der Waals surface area contributed by atoms with Gasteiger partial charge in [0.15, 0.2) is 0 Å². The van der Waals surface area contributed by atoms with Gasteiger partial charge in [-0.25, -0.2) is 9.97 Å². The van der Waals surface area contributed by atoms with E-state index in [0.717, 1.165) is 6.42 Å². The highest BCUT2D eigenvalue weighted by molar-refractivity contribution is 6.20. The lowest BCUT2D eigenvalue weighted by atomic mass is 9.99. The first-order valence-electron chi connectivity index (χ1n) is 5.37. The number of nitrogens with zero attached hydrogens (tertiary/aromatic N) is 3. The number of rotatable bonds is 1. The second kappa shape index (κ2) is 4.78. The molecule has 0 radical (unpaired) electrons. The van der Waals surface area contributed by atoms with Crippen molar-refractivity contribution in [1.29, 1.82) is 0 Å². The van der Waals surface area contributed by atoms with Gasteiger partial charge in [0.25, 0.3) is 5.91 Å². The lowest BCUT2D eigenvalue weighted by molar-refractivity contribution is 0.0686. The zero-order valence-electron chi connectivity index (χ0n) is 9.14. The highest BCUT2D eigenvalue weighted by Gasteiger charge is 2.27. The number of aromatic nitrogens is 2. The zero-order chi connectivity index (χ0) is 11.5. The second-order valence-corrected chi connectivity index (χ2v) is 4.72. The highest BCUT2D eigenvalue weighted by Crippen LogP contribution is 2.22. The van der Waals surface area contributed by atoms with Gasteiger partial charge >= 0.3 is 0 Å². The van der Waals surface area contributed by atoms with Crippen LogP contribution in [0.1, 0.15) is 23.7 Å². The van der Waals surface area contributed by atoms with Crippen LogP contribution in [0.4, 0.5) is 0 Å². The van der Waals surface area contributed by atoms with E-state index in [1.165, 1.54) is 6.33 Å². The fraction of sp³-hybridized carbons (Fsp3) is 0.545. The van der Waals surface area contributed by atoms with Crippen molar-refractivity contribution >= 4 is 17.5 Å².